The molecule has 0 unspecified atom stereocenters. The van der Waals surface area contributed by atoms with Crippen molar-refractivity contribution in [3.05, 3.63) is 90.9 Å². The van der Waals surface area contributed by atoms with E-state index in [1.807, 2.05) is 48.1 Å². The number of hydrogen-bond donors (Lipinski definition) is 1. The number of carbonyl (C=O) groups excluding carboxylic acids is 1. The maximum atomic E-state index is 13.6. The van der Waals surface area contributed by atoms with Gasteiger partial charge in [0, 0.05) is 60.1 Å². The number of ether oxygens (including phenoxy) is 1. The van der Waals surface area contributed by atoms with Crippen LogP contribution in [0.15, 0.2) is 90.2 Å². The zero-order chi connectivity index (χ0) is 33.5. The molecule has 7 rings (SSSR count). The van der Waals surface area contributed by atoms with Gasteiger partial charge in [-0.3, -0.25) is 14.0 Å². The van der Waals surface area contributed by atoms with E-state index in [1.165, 1.54) is 22.6 Å². The number of nitrogens with zero attached hydrogens (tertiary/aromatic N) is 9. The second-order valence-corrected chi connectivity index (χ2v) is 14.8. The van der Waals surface area contributed by atoms with Gasteiger partial charge in [0.2, 0.25) is 10.0 Å². The van der Waals surface area contributed by atoms with Gasteiger partial charge in [-0.05, 0) is 49.2 Å². The van der Waals surface area contributed by atoms with E-state index in [0.29, 0.717) is 34.2 Å². The van der Waals surface area contributed by atoms with Crippen LogP contribution in [-0.2, 0) is 31.8 Å². The number of pyridine rings is 1. The average Bonchev–Trinajstić information content (AvgIpc) is 3.73. The minimum atomic E-state index is -3.37. The molecule has 1 N–H and O–H groups in total. The number of sulfonamides is 1. The van der Waals surface area contributed by atoms with E-state index in [4.69, 9.17) is 4.74 Å². The van der Waals surface area contributed by atoms with Crippen molar-refractivity contribution in [2.45, 2.75) is 30.5 Å². The number of aromatic nitrogens is 6. The molecule has 6 heterocycles. The summed E-state index contributed by atoms with van der Waals surface area (Å²) in [5, 5.41) is 17.7. The van der Waals surface area contributed by atoms with E-state index >= 15 is 0 Å². The Labute approximate surface area is 280 Å². The van der Waals surface area contributed by atoms with Crippen molar-refractivity contribution in [2.75, 3.05) is 31.2 Å². The van der Waals surface area contributed by atoms with Crippen LogP contribution in [0, 0.1) is 11.3 Å². The first-order valence-corrected chi connectivity index (χ1v) is 17.4. The highest BCUT2D eigenvalue weighted by Crippen LogP contribution is 2.41. The highest BCUT2D eigenvalue weighted by Gasteiger charge is 2.49. The monoisotopic (exact) mass is 682 g/mol. The number of fused-ring (bicyclic) bond motifs is 2. The molecule has 1 amide bonds. The van der Waals surface area contributed by atoms with Gasteiger partial charge >= 0.3 is 0 Å². The van der Waals surface area contributed by atoms with E-state index in [0.717, 1.165) is 15.8 Å². The molecule has 4 aromatic heterocycles. The third kappa shape index (κ3) is 5.55. The lowest BCUT2D eigenvalue weighted by atomic mass is 9.89. The van der Waals surface area contributed by atoms with Gasteiger partial charge in [-0.15, -0.1) is 0 Å². The Morgan fingerprint density at radius 1 is 1.12 bits per heavy atom. The first kappa shape index (κ1) is 31.4. The Hall–Kier alpha value is -5.24. The summed E-state index contributed by atoms with van der Waals surface area (Å²) in [6, 6.07) is 17.1. The largest absolute Gasteiger partial charge is 0.470 e. The van der Waals surface area contributed by atoms with E-state index in [1.54, 1.807) is 52.7 Å². The van der Waals surface area contributed by atoms with Crippen molar-refractivity contribution in [3.8, 4) is 17.3 Å². The standard InChI is InChI=1S/C32H30N10O4S2/c1-3-48(44,45)41-18-32(19-41,12-13-33)42-17-22(16-37-42)27-24-11-15-40(30(24)36-20-35-27)21-46-29-23-8-4-5-9-25(23)47-39(2)28(29)31(43)38-26-10-6-7-14-34-26/h4-11,14-17,20H,3,12,18-19,21H2,1-2H3,(H,34,38,43). The third-order valence-electron chi connectivity index (χ3n) is 8.37. The van der Waals surface area contributed by atoms with E-state index < -0.39 is 15.6 Å². The summed E-state index contributed by atoms with van der Waals surface area (Å²) >= 11 is 1.43. The van der Waals surface area contributed by atoms with Crippen LogP contribution in [0.3, 0.4) is 0 Å². The first-order chi connectivity index (χ1) is 23.2. The molecule has 2 aliphatic heterocycles. The number of amides is 1. The molecule has 0 spiro atoms. The molecule has 5 aromatic rings. The van der Waals surface area contributed by atoms with Crippen LogP contribution in [0.2, 0.25) is 0 Å². The minimum Gasteiger partial charge on any atom is -0.470 e. The molecule has 0 saturated carbocycles. The predicted molar refractivity (Wildman–Crippen MR) is 179 cm³/mol. The van der Waals surface area contributed by atoms with Crippen LogP contribution in [0.25, 0.3) is 28.0 Å². The molecule has 244 valence electrons. The number of nitrogens with one attached hydrogen (secondary N) is 1. The number of nitriles is 1. The first-order valence-electron chi connectivity index (χ1n) is 15.0. The second-order valence-electron chi connectivity index (χ2n) is 11.4. The second kappa shape index (κ2) is 12.4. The Morgan fingerprint density at radius 3 is 2.71 bits per heavy atom. The fourth-order valence-electron chi connectivity index (χ4n) is 5.85. The summed E-state index contributed by atoms with van der Waals surface area (Å²) in [5.41, 5.74) is 2.32. The summed E-state index contributed by atoms with van der Waals surface area (Å²) in [4.78, 5) is 27.8. The van der Waals surface area contributed by atoms with Gasteiger partial charge < -0.3 is 14.4 Å². The van der Waals surface area contributed by atoms with Crippen LogP contribution in [-0.4, -0.2) is 78.1 Å². The highest BCUT2D eigenvalue weighted by atomic mass is 32.2. The molecule has 0 radical (unpaired) electrons. The molecule has 1 saturated heterocycles. The quantitative estimate of drug-likeness (QED) is 0.213. The number of hydrogen-bond acceptors (Lipinski definition) is 11. The molecular formula is C32H30N10O4S2. The summed E-state index contributed by atoms with van der Waals surface area (Å²) in [5.74, 6) is 0.483. The van der Waals surface area contributed by atoms with Gasteiger partial charge in [-0.1, -0.05) is 18.2 Å². The molecule has 2 aliphatic rings. The summed E-state index contributed by atoms with van der Waals surface area (Å²) in [7, 11) is -1.56. The van der Waals surface area contributed by atoms with Crippen molar-refractivity contribution in [1.82, 2.24) is 37.9 Å². The van der Waals surface area contributed by atoms with Crippen molar-refractivity contribution in [3.63, 3.8) is 0 Å². The summed E-state index contributed by atoms with van der Waals surface area (Å²) in [6.07, 6.45) is 8.49. The molecule has 1 fully saturated rings. The van der Waals surface area contributed by atoms with Crippen molar-refractivity contribution in [2.24, 2.45) is 0 Å². The fourth-order valence-corrected chi connectivity index (χ4v) is 8.04. The molecule has 48 heavy (non-hydrogen) atoms. The van der Waals surface area contributed by atoms with Gasteiger partial charge in [0.25, 0.3) is 5.91 Å². The van der Waals surface area contributed by atoms with Crippen molar-refractivity contribution < 1.29 is 17.9 Å². The third-order valence-corrected chi connectivity index (χ3v) is 11.2. The van der Waals surface area contributed by atoms with E-state index in [2.05, 4.69) is 31.4 Å². The lowest BCUT2D eigenvalue weighted by Gasteiger charge is -2.47. The Bertz CT molecular complexity index is 2200. The Kier molecular flexibility index (Phi) is 8.11. The highest BCUT2D eigenvalue weighted by molar-refractivity contribution is 7.97. The topological polar surface area (TPSA) is 164 Å². The Balaban J connectivity index is 1.18. The van der Waals surface area contributed by atoms with Crippen LogP contribution >= 0.6 is 11.9 Å². The number of likely N-dealkylation sites (N-methyl/N-ethyl adjacent to an activating group) is 1. The lowest BCUT2D eigenvalue weighted by molar-refractivity contribution is -0.113. The van der Waals surface area contributed by atoms with Gasteiger partial charge in [0.05, 0.1) is 30.1 Å². The predicted octanol–water partition coefficient (Wildman–Crippen LogP) is 3.90. The molecule has 1 aromatic carbocycles. The molecular weight excluding hydrogens is 653 g/mol. The van der Waals surface area contributed by atoms with Crippen molar-refractivity contribution >= 4 is 50.5 Å². The Morgan fingerprint density at radius 2 is 1.94 bits per heavy atom. The van der Waals surface area contributed by atoms with Crippen LogP contribution in [0.4, 0.5) is 5.82 Å². The normalized spacial score (nSPS) is 15.9. The molecule has 14 nitrogen and oxygen atoms in total. The molecule has 0 bridgehead atoms. The number of carbonyl (C=O) groups is 1. The van der Waals surface area contributed by atoms with Gasteiger partial charge in [-0.25, -0.2) is 23.4 Å². The zero-order valence-electron chi connectivity index (χ0n) is 26.0. The SMILES string of the molecule is CCS(=O)(=O)N1CC(CC#N)(n2cc(-c3ncnc4c3ccn4COC3=C(C(=O)Nc4ccccn4)N(C)Sc4ccccc43)cn2)C1. The van der Waals surface area contributed by atoms with Crippen LogP contribution < -0.4 is 5.32 Å². The number of benzene rings is 1. The van der Waals surface area contributed by atoms with Crippen molar-refractivity contribution in [1.29, 1.82) is 5.26 Å². The maximum absolute atomic E-state index is 13.6. The zero-order valence-corrected chi connectivity index (χ0v) is 27.6. The smallest absolute Gasteiger partial charge is 0.277 e. The molecule has 0 aliphatic carbocycles. The lowest BCUT2D eigenvalue weighted by Crippen LogP contribution is -2.64. The number of anilines is 1. The summed E-state index contributed by atoms with van der Waals surface area (Å²) in [6.45, 7) is 2.01. The number of rotatable bonds is 10. The molecule has 0 atom stereocenters. The van der Waals surface area contributed by atoms with Gasteiger partial charge in [0.15, 0.2) is 18.2 Å². The van der Waals surface area contributed by atoms with Gasteiger partial charge in [0.1, 0.15) is 23.3 Å². The van der Waals surface area contributed by atoms with Gasteiger partial charge in [-0.2, -0.15) is 14.7 Å². The van der Waals surface area contributed by atoms with Crippen LogP contribution in [0.5, 0.6) is 0 Å². The average molecular weight is 683 g/mol. The minimum absolute atomic E-state index is 0.00124. The molecule has 16 heteroatoms. The van der Waals surface area contributed by atoms with E-state index in [-0.39, 0.29) is 37.9 Å². The van der Waals surface area contributed by atoms with E-state index in [9.17, 15) is 18.5 Å². The van der Waals surface area contributed by atoms with Crippen LogP contribution in [0.1, 0.15) is 18.9 Å². The fraction of sp³-hybridized carbons (Fsp3) is 0.250. The summed E-state index contributed by atoms with van der Waals surface area (Å²) < 4.78 is 37.9. The maximum Gasteiger partial charge on any atom is 0.277 e.